The first-order chi connectivity index (χ1) is 12.9. The zero-order chi connectivity index (χ0) is 20.7. The minimum absolute atomic E-state index is 0.00865. The van der Waals surface area contributed by atoms with Gasteiger partial charge in [-0.05, 0) is 51.2 Å². The molecule has 28 heavy (non-hydrogen) atoms. The summed E-state index contributed by atoms with van der Waals surface area (Å²) in [6, 6.07) is 4.36. The number of likely N-dealkylation sites (tertiary alicyclic amines) is 1. The van der Waals surface area contributed by atoms with E-state index < -0.39 is 20.0 Å². The highest BCUT2D eigenvalue weighted by Gasteiger charge is 2.28. The molecule has 0 atom stereocenters. The van der Waals surface area contributed by atoms with Gasteiger partial charge in [-0.2, -0.15) is 3.71 Å². The fourth-order valence-corrected chi connectivity index (χ4v) is 7.05. The van der Waals surface area contributed by atoms with E-state index in [0.29, 0.717) is 19.1 Å². The van der Waals surface area contributed by atoms with E-state index in [1.807, 2.05) is 7.05 Å². The minimum Gasteiger partial charge on any atom is -0.306 e. The zero-order valence-electron chi connectivity index (χ0n) is 15.7. The summed E-state index contributed by atoms with van der Waals surface area (Å²) < 4.78 is 48.7. The van der Waals surface area contributed by atoms with Crippen LogP contribution in [0.3, 0.4) is 0 Å². The van der Waals surface area contributed by atoms with Crippen LogP contribution in [0.2, 0.25) is 0 Å². The summed E-state index contributed by atoms with van der Waals surface area (Å²) in [5.74, 6) is -0.147. The second-order valence-corrected chi connectivity index (χ2v) is 11.9. The number of carbonyl (C=O) groups is 1. The molecule has 1 aromatic heterocycles. The lowest BCUT2D eigenvalue weighted by atomic mass is 9.96. The number of nitrogens with one attached hydrogen (secondary N) is 1. The van der Waals surface area contributed by atoms with Crippen molar-refractivity contribution in [1.29, 1.82) is 0 Å². The van der Waals surface area contributed by atoms with Crippen molar-refractivity contribution >= 4 is 58.3 Å². The summed E-state index contributed by atoms with van der Waals surface area (Å²) in [7, 11) is -6.02. The van der Waals surface area contributed by atoms with Crippen molar-refractivity contribution in [2.45, 2.75) is 12.8 Å². The molecule has 12 heteroatoms. The van der Waals surface area contributed by atoms with E-state index in [9.17, 15) is 21.6 Å². The summed E-state index contributed by atoms with van der Waals surface area (Å²) in [5, 5.41) is 3.23. The van der Waals surface area contributed by atoms with Crippen LogP contribution < -0.4 is 9.03 Å². The van der Waals surface area contributed by atoms with Gasteiger partial charge in [0.15, 0.2) is 5.13 Å². The van der Waals surface area contributed by atoms with Gasteiger partial charge in [-0.15, -0.1) is 0 Å². The molecule has 2 aromatic rings. The molecule has 1 N–H and O–H groups in total. The lowest BCUT2D eigenvalue weighted by molar-refractivity contribution is -0.121. The van der Waals surface area contributed by atoms with Crippen molar-refractivity contribution in [3.05, 3.63) is 18.2 Å². The summed E-state index contributed by atoms with van der Waals surface area (Å²) in [5.41, 5.74) is 0.559. The second-order valence-electron chi connectivity index (χ2n) is 6.96. The van der Waals surface area contributed by atoms with Crippen molar-refractivity contribution in [2.75, 3.05) is 41.7 Å². The predicted molar refractivity (Wildman–Crippen MR) is 111 cm³/mol. The standard InChI is InChI=1S/C16H22N4O5S3/c1-19-8-6-11(7-9-19)15(21)18-16-17-13-5-4-12(10-14(13)26-16)20(27(2,22)23)28(3,24)25/h4-5,10-11H,6-9H2,1-3H3,(H,17,18,21). The van der Waals surface area contributed by atoms with Crippen molar-refractivity contribution in [3.8, 4) is 0 Å². The Hall–Kier alpha value is -1.76. The van der Waals surface area contributed by atoms with Crippen LogP contribution in [0.5, 0.6) is 0 Å². The smallest absolute Gasteiger partial charge is 0.245 e. The third kappa shape index (κ3) is 4.62. The number of fused-ring (bicyclic) bond motifs is 1. The normalized spacial score (nSPS) is 17.0. The second kappa shape index (κ2) is 7.58. The number of carbonyl (C=O) groups excluding carboxylic acids is 1. The van der Waals surface area contributed by atoms with Crippen LogP contribution in [0.1, 0.15) is 12.8 Å². The third-order valence-electron chi connectivity index (χ3n) is 4.50. The first kappa shape index (κ1) is 21.0. The molecule has 154 valence electrons. The molecule has 0 radical (unpaired) electrons. The number of benzene rings is 1. The summed E-state index contributed by atoms with van der Waals surface area (Å²) >= 11 is 1.17. The molecule has 2 heterocycles. The van der Waals surface area contributed by atoms with Gasteiger partial charge >= 0.3 is 0 Å². The number of rotatable bonds is 5. The Labute approximate surface area is 168 Å². The Morgan fingerprint density at radius 3 is 2.36 bits per heavy atom. The van der Waals surface area contributed by atoms with Crippen LogP contribution in [-0.2, 0) is 24.8 Å². The molecular formula is C16H22N4O5S3. The van der Waals surface area contributed by atoms with Gasteiger partial charge in [0.25, 0.3) is 0 Å². The molecule has 1 aliphatic rings. The largest absolute Gasteiger partial charge is 0.306 e. The number of nitrogens with zero attached hydrogens (tertiary/aromatic N) is 3. The van der Waals surface area contributed by atoms with Gasteiger partial charge in [-0.1, -0.05) is 11.3 Å². The lowest BCUT2D eigenvalue weighted by Crippen LogP contribution is -2.35. The predicted octanol–water partition coefficient (Wildman–Crippen LogP) is 1.30. The molecule has 1 saturated heterocycles. The van der Waals surface area contributed by atoms with Gasteiger partial charge in [-0.25, -0.2) is 21.8 Å². The number of thiazole rings is 1. The Kier molecular flexibility index (Phi) is 5.67. The van der Waals surface area contributed by atoms with Crippen LogP contribution in [-0.4, -0.2) is 65.3 Å². The van der Waals surface area contributed by atoms with Crippen LogP contribution in [0.15, 0.2) is 18.2 Å². The van der Waals surface area contributed by atoms with E-state index in [1.165, 1.54) is 29.5 Å². The zero-order valence-corrected chi connectivity index (χ0v) is 18.2. The van der Waals surface area contributed by atoms with E-state index in [0.717, 1.165) is 38.4 Å². The molecule has 3 rings (SSSR count). The fourth-order valence-electron chi connectivity index (χ4n) is 3.19. The van der Waals surface area contributed by atoms with Crippen molar-refractivity contribution in [3.63, 3.8) is 0 Å². The maximum Gasteiger partial charge on any atom is 0.245 e. The van der Waals surface area contributed by atoms with E-state index in [2.05, 4.69) is 15.2 Å². The van der Waals surface area contributed by atoms with Crippen LogP contribution in [0.25, 0.3) is 10.2 Å². The average molecular weight is 447 g/mol. The SMILES string of the molecule is CN1CCC(C(=O)Nc2nc3ccc(N(S(C)(=O)=O)S(C)(=O)=O)cc3s2)CC1. The molecule has 0 bridgehead atoms. The van der Waals surface area contributed by atoms with Gasteiger partial charge in [0.1, 0.15) is 0 Å². The summed E-state index contributed by atoms with van der Waals surface area (Å²) in [6.45, 7) is 1.74. The van der Waals surface area contributed by atoms with Gasteiger partial charge < -0.3 is 10.2 Å². The first-order valence-corrected chi connectivity index (χ1v) is 13.1. The number of aromatic nitrogens is 1. The van der Waals surface area contributed by atoms with Crippen molar-refractivity contribution < 1.29 is 21.6 Å². The van der Waals surface area contributed by atoms with Crippen molar-refractivity contribution in [1.82, 2.24) is 9.88 Å². The number of piperidine rings is 1. The van der Waals surface area contributed by atoms with Crippen LogP contribution >= 0.6 is 11.3 Å². The average Bonchev–Trinajstić information content (AvgIpc) is 2.94. The first-order valence-electron chi connectivity index (χ1n) is 8.55. The number of hydrogen-bond donors (Lipinski definition) is 1. The molecule has 0 saturated carbocycles. The van der Waals surface area contributed by atoms with E-state index >= 15 is 0 Å². The molecule has 0 unspecified atom stereocenters. The Morgan fingerprint density at radius 1 is 1.18 bits per heavy atom. The molecular weight excluding hydrogens is 424 g/mol. The quantitative estimate of drug-likeness (QED) is 0.736. The van der Waals surface area contributed by atoms with Crippen LogP contribution in [0.4, 0.5) is 10.8 Å². The number of sulfonamides is 2. The number of anilines is 2. The van der Waals surface area contributed by atoms with Crippen LogP contribution in [0, 0.1) is 5.92 Å². The van der Waals surface area contributed by atoms with Gasteiger partial charge in [-0.3, -0.25) is 4.79 Å². The highest BCUT2D eigenvalue weighted by Crippen LogP contribution is 2.32. The molecule has 1 aromatic carbocycles. The maximum absolute atomic E-state index is 12.5. The van der Waals surface area contributed by atoms with E-state index in [4.69, 9.17) is 0 Å². The highest BCUT2D eigenvalue weighted by atomic mass is 32.3. The van der Waals surface area contributed by atoms with Crippen molar-refractivity contribution in [2.24, 2.45) is 5.92 Å². The molecule has 1 amide bonds. The third-order valence-corrected chi connectivity index (χ3v) is 8.69. The monoisotopic (exact) mass is 446 g/mol. The molecule has 1 aliphatic heterocycles. The molecule has 0 aliphatic carbocycles. The topological polar surface area (TPSA) is 117 Å². The molecule has 0 spiro atoms. The fraction of sp³-hybridized carbons (Fsp3) is 0.500. The number of amides is 1. The Morgan fingerprint density at radius 2 is 1.79 bits per heavy atom. The van der Waals surface area contributed by atoms with E-state index in [1.54, 1.807) is 0 Å². The minimum atomic E-state index is -4.02. The highest BCUT2D eigenvalue weighted by molar-refractivity contribution is 8.09. The molecule has 9 nitrogen and oxygen atoms in total. The lowest BCUT2D eigenvalue weighted by Gasteiger charge is -2.27. The van der Waals surface area contributed by atoms with Gasteiger partial charge in [0, 0.05) is 5.92 Å². The van der Waals surface area contributed by atoms with Gasteiger partial charge in [0.05, 0.1) is 28.4 Å². The Bertz CT molecular complexity index is 1070. The number of hydrogen-bond acceptors (Lipinski definition) is 8. The summed E-state index contributed by atoms with van der Waals surface area (Å²) in [4.78, 5) is 19.0. The maximum atomic E-state index is 12.5. The Balaban J connectivity index is 1.86. The van der Waals surface area contributed by atoms with E-state index in [-0.39, 0.29) is 17.5 Å². The summed E-state index contributed by atoms with van der Waals surface area (Å²) in [6.07, 6.45) is 3.24. The van der Waals surface area contributed by atoms with Gasteiger partial charge in [0.2, 0.25) is 26.0 Å². The molecule has 1 fully saturated rings.